The van der Waals surface area contributed by atoms with Crippen LogP contribution in [0.3, 0.4) is 0 Å². The molecule has 0 aromatic carbocycles. The lowest BCUT2D eigenvalue weighted by Crippen LogP contribution is -2.26. The van der Waals surface area contributed by atoms with Gasteiger partial charge in [0.1, 0.15) is 24.2 Å². The minimum absolute atomic E-state index is 0.0678. The van der Waals surface area contributed by atoms with Gasteiger partial charge >= 0.3 is 22.4 Å². The lowest BCUT2D eigenvalue weighted by Gasteiger charge is -2.21. The van der Waals surface area contributed by atoms with Gasteiger partial charge in [-0.2, -0.15) is 4.31 Å². The number of fused-ring (bicyclic) bond motifs is 1. The summed E-state index contributed by atoms with van der Waals surface area (Å²) in [5, 5.41) is 10.2. The topological polar surface area (TPSA) is 242 Å². The van der Waals surface area contributed by atoms with Gasteiger partial charge in [-0.1, -0.05) is 0 Å². The number of anilines is 1. The predicted octanol–water partition coefficient (Wildman–Crippen LogP) is -0.483. The smallest absolute Gasteiger partial charge is 0.390 e. The first kappa shape index (κ1) is 23.8. The Morgan fingerprint density at radius 3 is 2.60 bits per heavy atom. The van der Waals surface area contributed by atoms with E-state index in [9.17, 15) is 24.0 Å². The Hall–Kier alpha value is -0.900. The molecule has 3 heterocycles. The van der Waals surface area contributed by atoms with E-state index in [0.717, 1.165) is 0 Å². The summed E-state index contributed by atoms with van der Waals surface area (Å²) in [5.74, 6) is 0.154. The summed E-state index contributed by atoms with van der Waals surface area (Å²) in [7, 11) is -10.8. The maximum atomic E-state index is 11.5. The molecule has 1 aliphatic heterocycles. The molecule has 7 N–H and O–H groups in total. The number of imidazole rings is 1. The van der Waals surface area contributed by atoms with Gasteiger partial charge in [-0.05, 0) is 11.8 Å². The second-order valence-corrected chi connectivity index (χ2v) is 11.7. The molecule has 168 valence electrons. The molecule has 20 heteroatoms. The molecule has 3 rings (SSSR count). The van der Waals surface area contributed by atoms with Crippen LogP contribution >= 0.6 is 22.4 Å². The second kappa shape index (κ2) is 8.56. The van der Waals surface area contributed by atoms with Gasteiger partial charge in [-0.15, -0.1) is 0 Å². The summed E-state index contributed by atoms with van der Waals surface area (Å²) in [6.45, 7) is -5.08. The van der Waals surface area contributed by atoms with Crippen molar-refractivity contribution in [3.63, 3.8) is 0 Å². The van der Waals surface area contributed by atoms with Crippen LogP contribution in [0.4, 0.5) is 5.82 Å². The lowest BCUT2D eigenvalue weighted by molar-refractivity contribution is -0.0399. The molecule has 0 aliphatic carbocycles. The van der Waals surface area contributed by atoms with E-state index in [1.807, 2.05) is 0 Å². The molecule has 3 unspecified atom stereocenters. The van der Waals surface area contributed by atoms with Gasteiger partial charge in [0.05, 0.1) is 19.0 Å². The molecule has 30 heavy (non-hydrogen) atoms. The van der Waals surface area contributed by atoms with Gasteiger partial charge in [-0.25, -0.2) is 28.4 Å². The maximum absolute atomic E-state index is 11.5. The summed E-state index contributed by atoms with van der Waals surface area (Å²) >= 11 is 4.51. The number of nitrogens with two attached hydrogens (primary N) is 1. The van der Waals surface area contributed by atoms with Crippen molar-refractivity contribution in [3.8, 4) is 0 Å². The molecule has 0 bridgehead atoms. The molecule has 0 saturated carbocycles. The van der Waals surface area contributed by atoms with Crippen LogP contribution in [-0.2, 0) is 38.8 Å². The van der Waals surface area contributed by atoms with Gasteiger partial charge in [0, 0.05) is 6.42 Å². The number of ether oxygens (including phenoxy) is 1. The summed E-state index contributed by atoms with van der Waals surface area (Å²) < 4.78 is 41.8. The van der Waals surface area contributed by atoms with Crippen LogP contribution in [0.15, 0.2) is 12.7 Å². The molecule has 0 amide bonds. The van der Waals surface area contributed by atoms with Crippen molar-refractivity contribution in [1.82, 2.24) is 19.5 Å². The van der Waals surface area contributed by atoms with Crippen molar-refractivity contribution in [2.24, 2.45) is 0 Å². The first-order valence-electron chi connectivity index (χ1n) is 7.81. The number of hydrogen-bond acceptors (Lipinski definition) is 12. The molecular weight excluding hydrogens is 491 g/mol. The minimum Gasteiger partial charge on any atom is -0.390 e. The van der Waals surface area contributed by atoms with Gasteiger partial charge in [0.15, 0.2) is 11.5 Å². The lowest BCUT2D eigenvalue weighted by atomic mass is 10.2. The van der Waals surface area contributed by atoms with Gasteiger partial charge < -0.3 is 39.7 Å². The van der Waals surface area contributed by atoms with E-state index in [-0.39, 0.29) is 12.2 Å². The van der Waals surface area contributed by atoms with E-state index in [0.29, 0.717) is 11.2 Å². The van der Waals surface area contributed by atoms with E-state index >= 15 is 0 Å². The summed E-state index contributed by atoms with van der Waals surface area (Å²) in [5.41, 5.74) is 6.40. The highest BCUT2D eigenvalue weighted by molar-refractivity contribution is 8.08. The van der Waals surface area contributed by atoms with Crippen LogP contribution in [0, 0.1) is 0 Å². The Morgan fingerprint density at radius 2 is 1.93 bits per heavy atom. The van der Waals surface area contributed by atoms with Crippen LogP contribution in [0.25, 0.3) is 11.2 Å². The Kier molecular flexibility index (Phi) is 6.78. The monoisotopic (exact) mass is 507 g/mol. The highest BCUT2D eigenvalue weighted by Gasteiger charge is 2.41. The van der Waals surface area contributed by atoms with Crippen molar-refractivity contribution in [2.45, 2.75) is 24.9 Å². The predicted molar refractivity (Wildman–Crippen MR) is 101 cm³/mol. The largest absolute Gasteiger partial charge is 0.488 e. The van der Waals surface area contributed by atoms with E-state index in [4.69, 9.17) is 24.8 Å². The number of phosphoric acid groups is 2. The average molecular weight is 507 g/mol. The number of nitrogen functional groups attached to an aromatic ring is 1. The third-order valence-corrected chi connectivity index (χ3v) is 8.44. The standard InChI is InChI=1S/C10H16N5O11P3S/c11-9-8-10(13-3-12-9)15(4-14-8)7-1-5(16)6(24-7)2-23-29(22,30)26-28(20,21)25-27(17,18)19/h3-7,16H,1-2H2,(H,20,21)(H,22,30)(H2,11,12,13)(H2,17,18,19)/t5?,6-,7-,29?/m1/s1. The minimum atomic E-state index is -5.43. The third kappa shape index (κ3) is 5.87. The van der Waals surface area contributed by atoms with E-state index in [1.54, 1.807) is 0 Å². The SMILES string of the molecule is Nc1ncnc2c1ncn2[C@H]1CC(O)[C@@H](COP(O)(=S)OP(=O)(O)OP(=O)(O)O)O1. The summed E-state index contributed by atoms with van der Waals surface area (Å²) in [6.07, 6.45) is -0.213. The molecule has 16 nitrogen and oxygen atoms in total. The van der Waals surface area contributed by atoms with Gasteiger partial charge in [0.2, 0.25) is 0 Å². The van der Waals surface area contributed by atoms with Crippen LogP contribution in [0.1, 0.15) is 12.6 Å². The third-order valence-electron chi connectivity index (χ3n) is 3.72. The zero-order valence-electron chi connectivity index (χ0n) is 14.6. The second-order valence-electron chi connectivity index (χ2n) is 5.90. The highest BCUT2D eigenvalue weighted by atomic mass is 32.5. The molecule has 0 spiro atoms. The van der Waals surface area contributed by atoms with Crippen molar-refractivity contribution in [2.75, 3.05) is 12.3 Å². The molecule has 1 aliphatic rings. The normalized spacial score (nSPS) is 26.5. The molecule has 5 atom stereocenters. The van der Waals surface area contributed by atoms with Crippen LogP contribution in [0.2, 0.25) is 0 Å². The number of rotatable bonds is 8. The fraction of sp³-hybridized carbons (Fsp3) is 0.500. The maximum Gasteiger partial charge on any atom is 0.488 e. The molecule has 2 aromatic rings. The van der Waals surface area contributed by atoms with Crippen molar-refractivity contribution in [1.29, 1.82) is 0 Å². The van der Waals surface area contributed by atoms with Crippen molar-refractivity contribution < 1.29 is 51.7 Å². The average Bonchev–Trinajstić information content (AvgIpc) is 3.14. The Labute approximate surface area is 172 Å². The molecular formula is C10H16N5O11P3S. The van der Waals surface area contributed by atoms with Gasteiger partial charge in [-0.3, -0.25) is 4.57 Å². The zero-order valence-corrected chi connectivity index (χ0v) is 18.1. The first-order valence-corrected chi connectivity index (χ1v) is 13.4. The molecule has 1 fully saturated rings. The fourth-order valence-electron chi connectivity index (χ4n) is 2.59. The molecule has 0 radical (unpaired) electrons. The Balaban J connectivity index is 1.64. The first-order chi connectivity index (χ1) is 13.8. The number of aliphatic hydroxyl groups excluding tert-OH is 1. The van der Waals surface area contributed by atoms with E-state index in [2.05, 4.69) is 35.4 Å². The molecule has 1 saturated heterocycles. The van der Waals surface area contributed by atoms with E-state index in [1.165, 1.54) is 17.2 Å². The Morgan fingerprint density at radius 1 is 1.23 bits per heavy atom. The fourth-order valence-corrected chi connectivity index (χ4v) is 6.56. The van der Waals surface area contributed by atoms with Crippen molar-refractivity contribution in [3.05, 3.63) is 12.7 Å². The summed E-state index contributed by atoms with van der Waals surface area (Å²) in [6, 6.07) is 0. The number of nitrogens with zero attached hydrogens (tertiary/aromatic N) is 4. The van der Waals surface area contributed by atoms with Crippen LogP contribution in [-0.4, -0.2) is 63.0 Å². The number of hydrogen-bond donors (Lipinski definition) is 6. The number of aliphatic hydroxyl groups is 1. The number of aromatic nitrogens is 4. The highest BCUT2D eigenvalue weighted by Crippen LogP contribution is 2.66. The van der Waals surface area contributed by atoms with Crippen LogP contribution < -0.4 is 5.73 Å². The van der Waals surface area contributed by atoms with E-state index < -0.39 is 47.4 Å². The van der Waals surface area contributed by atoms with Crippen LogP contribution in [0.5, 0.6) is 0 Å². The Bertz CT molecular complexity index is 1080. The zero-order chi connectivity index (χ0) is 22.3. The quantitative estimate of drug-likeness (QED) is 0.247. The summed E-state index contributed by atoms with van der Waals surface area (Å²) in [4.78, 5) is 48.2. The molecule has 2 aromatic heterocycles. The van der Waals surface area contributed by atoms with Gasteiger partial charge in [0.25, 0.3) is 0 Å². The van der Waals surface area contributed by atoms with Crippen molar-refractivity contribution >= 4 is 51.2 Å².